The summed E-state index contributed by atoms with van der Waals surface area (Å²) in [6, 6.07) is 5.80. The van der Waals surface area contributed by atoms with E-state index in [1.165, 1.54) is 11.3 Å². The molecule has 3 N–H and O–H groups in total. The quantitative estimate of drug-likeness (QED) is 0.843. The van der Waals surface area contributed by atoms with Crippen molar-refractivity contribution < 1.29 is 9.53 Å². The molecule has 0 aliphatic heterocycles. The summed E-state index contributed by atoms with van der Waals surface area (Å²) >= 11 is 4.84. The number of nitrogen functional groups attached to an aromatic ring is 1. The average Bonchev–Trinajstić information content (AvgIpc) is 2.74. The molecule has 2 aromatic rings. The molecule has 1 heterocycles. The summed E-state index contributed by atoms with van der Waals surface area (Å²) in [5.74, 6) is 0.152. The third-order valence-electron chi connectivity index (χ3n) is 3.36. The van der Waals surface area contributed by atoms with Crippen LogP contribution >= 0.6 is 27.3 Å². The fourth-order valence-electron chi connectivity index (χ4n) is 2.07. The van der Waals surface area contributed by atoms with Gasteiger partial charge in [0.25, 0.3) is 5.91 Å². The van der Waals surface area contributed by atoms with Crippen molar-refractivity contribution in [1.29, 1.82) is 0 Å². The molecule has 1 atom stereocenters. The average molecular weight is 371 g/mol. The van der Waals surface area contributed by atoms with Gasteiger partial charge in [0.15, 0.2) is 0 Å². The summed E-state index contributed by atoms with van der Waals surface area (Å²) in [6.07, 6.45) is 0. The fraction of sp³-hybridized carbons (Fsp3) is 0.400. The maximum absolute atomic E-state index is 12.5. The van der Waals surface area contributed by atoms with Gasteiger partial charge in [-0.3, -0.25) is 4.79 Å². The van der Waals surface area contributed by atoms with Gasteiger partial charge in [-0.2, -0.15) is 0 Å². The van der Waals surface area contributed by atoms with Crippen LogP contribution in [-0.2, 0) is 4.74 Å². The molecule has 1 aromatic carbocycles. The number of rotatable bonds is 5. The highest BCUT2D eigenvalue weighted by Gasteiger charge is 2.21. The third-order valence-corrected chi connectivity index (χ3v) is 5.02. The first-order valence-electron chi connectivity index (χ1n) is 6.71. The van der Waals surface area contributed by atoms with Crippen LogP contribution in [0.3, 0.4) is 0 Å². The SMILES string of the molecule is COCC(NC(=O)c1sc2cc(Br)ccc2c1N)C(C)C. The molecule has 2 rings (SSSR count). The molecule has 0 aliphatic rings. The Morgan fingerprint density at radius 3 is 2.81 bits per heavy atom. The van der Waals surface area contributed by atoms with Gasteiger partial charge in [-0.05, 0) is 18.1 Å². The van der Waals surface area contributed by atoms with Crippen molar-refractivity contribution in [3.8, 4) is 0 Å². The number of ether oxygens (including phenoxy) is 1. The summed E-state index contributed by atoms with van der Waals surface area (Å²) in [7, 11) is 1.63. The van der Waals surface area contributed by atoms with Crippen molar-refractivity contribution in [2.24, 2.45) is 5.92 Å². The molecule has 0 bridgehead atoms. The Balaban J connectivity index is 2.28. The first-order chi connectivity index (χ1) is 9.93. The van der Waals surface area contributed by atoms with Gasteiger partial charge >= 0.3 is 0 Å². The number of thiophene rings is 1. The lowest BCUT2D eigenvalue weighted by molar-refractivity contribution is 0.0871. The molecule has 0 saturated heterocycles. The molecule has 0 fully saturated rings. The zero-order chi connectivity index (χ0) is 15.6. The van der Waals surface area contributed by atoms with Crippen LogP contribution in [-0.4, -0.2) is 25.7 Å². The highest BCUT2D eigenvalue weighted by Crippen LogP contribution is 2.35. The van der Waals surface area contributed by atoms with Crippen LogP contribution in [0.2, 0.25) is 0 Å². The van der Waals surface area contributed by atoms with Crippen molar-refractivity contribution in [2.75, 3.05) is 19.5 Å². The van der Waals surface area contributed by atoms with Crippen molar-refractivity contribution >= 4 is 48.9 Å². The molecule has 0 aliphatic carbocycles. The highest BCUT2D eigenvalue weighted by molar-refractivity contribution is 9.10. The summed E-state index contributed by atoms with van der Waals surface area (Å²) in [5.41, 5.74) is 6.66. The van der Waals surface area contributed by atoms with Gasteiger partial charge in [0, 0.05) is 21.7 Å². The topological polar surface area (TPSA) is 64.3 Å². The molecule has 114 valence electrons. The fourth-order valence-corrected chi connectivity index (χ4v) is 3.65. The molecule has 4 nitrogen and oxygen atoms in total. The molecule has 1 unspecified atom stereocenters. The Hall–Kier alpha value is -1.11. The van der Waals surface area contributed by atoms with Gasteiger partial charge in [-0.25, -0.2) is 0 Å². The standard InChI is InChI=1S/C15H19BrN2O2S/c1-8(2)11(7-20-3)18-15(19)14-13(17)10-5-4-9(16)6-12(10)21-14/h4-6,8,11H,7,17H2,1-3H3,(H,18,19). The normalized spacial score (nSPS) is 12.8. The molecular weight excluding hydrogens is 352 g/mol. The van der Waals surface area contributed by atoms with E-state index in [1.54, 1.807) is 7.11 Å². The van der Waals surface area contributed by atoms with Crippen LogP contribution in [0.15, 0.2) is 22.7 Å². The van der Waals surface area contributed by atoms with Crippen LogP contribution in [0.1, 0.15) is 23.5 Å². The number of methoxy groups -OCH3 is 1. The lowest BCUT2D eigenvalue weighted by atomic mass is 10.1. The van der Waals surface area contributed by atoms with Gasteiger partial charge in [-0.15, -0.1) is 11.3 Å². The number of carbonyl (C=O) groups excluding carboxylic acids is 1. The van der Waals surface area contributed by atoms with Crippen LogP contribution in [0.4, 0.5) is 5.69 Å². The minimum Gasteiger partial charge on any atom is -0.397 e. The number of nitrogens with one attached hydrogen (secondary N) is 1. The smallest absolute Gasteiger partial charge is 0.263 e. The largest absolute Gasteiger partial charge is 0.397 e. The minimum absolute atomic E-state index is 0.0288. The van der Waals surface area contributed by atoms with Gasteiger partial charge in [0.1, 0.15) is 4.88 Å². The molecular formula is C15H19BrN2O2S. The number of hydrogen-bond donors (Lipinski definition) is 2. The number of carbonyl (C=O) groups is 1. The molecule has 0 saturated carbocycles. The monoisotopic (exact) mass is 370 g/mol. The van der Waals surface area contributed by atoms with E-state index in [2.05, 4.69) is 35.1 Å². The van der Waals surface area contributed by atoms with Crippen molar-refractivity contribution in [1.82, 2.24) is 5.32 Å². The lowest BCUT2D eigenvalue weighted by Gasteiger charge is -2.21. The van der Waals surface area contributed by atoms with Crippen LogP contribution < -0.4 is 11.1 Å². The van der Waals surface area contributed by atoms with E-state index in [-0.39, 0.29) is 11.9 Å². The Morgan fingerprint density at radius 1 is 1.48 bits per heavy atom. The van der Waals surface area contributed by atoms with E-state index < -0.39 is 0 Å². The van der Waals surface area contributed by atoms with Crippen LogP contribution in [0.25, 0.3) is 10.1 Å². The van der Waals surface area contributed by atoms with Gasteiger partial charge < -0.3 is 15.8 Å². The van der Waals surface area contributed by atoms with E-state index >= 15 is 0 Å². The van der Waals surface area contributed by atoms with Crippen molar-refractivity contribution in [3.05, 3.63) is 27.5 Å². The van der Waals surface area contributed by atoms with Crippen LogP contribution in [0.5, 0.6) is 0 Å². The molecule has 0 spiro atoms. The second kappa shape index (κ2) is 6.77. The number of anilines is 1. The summed E-state index contributed by atoms with van der Waals surface area (Å²) in [5, 5.41) is 3.92. The molecule has 21 heavy (non-hydrogen) atoms. The Labute approximate surface area is 136 Å². The predicted molar refractivity (Wildman–Crippen MR) is 91.9 cm³/mol. The van der Waals surface area contributed by atoms with Gasteiger partial charge in [0.05, 0.1) is 18.3 Å². The maximum Gasteiger partial charge on any atom is 0.263 e. The molecule has 1 amide bonds. The van der Waals surface area contributed by atoms with Crippen molar-refractivity contribution in [2.45, 2.75) is 19.9 Å². The number of fused-ring (bicyclic) bond motifs is 1. The zero-order valence-corrected chi connectivity index (χ0v) is 14.7. The zero-order valence-electron chi connectivity index (χ0n) is 12.3. The van der Waals surface area contributed by atoms with E-state index in [4.69, 9.17) is 10.5 Å². The summed E-state index contributed by atoms with van der Waals surface area (Å²) in [4.78, 5) is 13.0. The number of benzene rings is 1. The number of halogens is 1. The molecule has 1 aromatic heterocycles. The Bertz CT molecular complexity index is 654. The first kappa shape index (κ1) is 16.3. The van der Waals surface area contributed by atoms with Crippen molar-refractivity contribution in [3.63, 3.8) is 0 Å². The highest BCUT2D eigenvalue weighted by atomic mass is 79.9. The molecule has 6 heteroatoms. The summed E-state index contributed by atoms with van der Waals surface area (Å²) in [6.45, 7) is 4.59. The van der Waals surface area contributed by atoms with E-state index in [1.807, 2.05) is 18.2 Å². The van der Waals surface area contributed by atoms with E-state index in [0.29, 0.717) is 23.1 Å². The summed E-state index contributed by atoms with van der Waals surface area (Å²) < 4.78 is 7.13. The van der Waals surface area contributed by atoms with Crippen LogP contribution in [0, 0.1) is 5.92 Å². The Kier molecular flexibility index (Phi) is 5.24. The number of hydrogen-bond acceptors (Lipinski definition) is 4. The molecule has 0 radical (unpaired) electrons. The van der Waals surface area contributed by atoms with E-state index in [0.717, 1.165) is 14.6 Å². The Morgan fingerprint density at radius 2 is 2.19 bits per heavy atom. The second-order valence-electron chi connectivity index (χ2n) is 5.26. The second-order valence-corrected chi connectivity index (χ2v) is 7.23. The van der Waals surface area contributed by atoms with Gasteiger partial charge in [0.2, 0.25) is 0 Å². The predicted octanol–water partition coefficient (Wildman–Crippen LogP) is 3.65. The number of nitrogens with two attached hydrogens (primary N) is 1. The lowest BCUT2D eigenvalue weighted by Crippen LogP contribution is -2.41. The van der Waals surface area contributed by atoms with Gasteiger partial charge in [-0.1, -0.05) is 35.8 Å². The van der Waals surface area contributed by atoms with E-state index in [9.17, 15) is 4.79 Å². The number of amides is 1. The first-order valence-corrected chi connectivity index (χ1v) is 8.32. The maximum atomic E-state index is 12.5. The minimum atomic E-state index is -0.138. The third kappa shape index (κ3) is 3.56.